The molecule has 0 fully saturated rings. The molecule has 0 radical (unpaired) electrons. The lowest BCUT2D eigenvalue weighted by Gasteiger charge is -2.17. The predicted molar refractivity (Wildman–Crippen MR) is 176 cm³/mol. The van der Waals surface area contributed by atoms with Crippen molar-refractivity contribution in [2.24, 2.45) is 0 Å². The van der Waals surface area contributed by atoms with Crippen molar-refractivity contribution in [2.45, 2.75) is 30.4 Å². The first-order valence-corrected chi connectivity index (χ1v) is 15.1. The molecule has 1 unspecified atom stereocenters. The molecule has 4 aromatic rings. The zero-order valence-corrected chi connectivity index (χ0v) is 25.6. The summed E-state index contributed by atoms with van der Waals surface area (Å²) < 4.78 is 11.1. The first-order valence-electron chi connectivity index (χ1n) is 14.2. The lowest BCUT2D eigenvalue weighted by atomic mass is 10.1. The minimum Gasteiger partial charge on any atom is -0.496 e. The molecule has 4 rings (SSSR count). The number of benzene rings is 4. The second-order valence-corrected chi connectivity index (χ2v) is 10.8. The fourth-order valence-electron chi connectivity index (χ4n) is 4.28. The first-order chi connectivity index (χ1) is 21.4. The summed E-state index contributed by atoms with van der Waals surface area (Å²) in [4.78, 5) is 40.5. The SMILES string of the molecule is CCOc1ccccc1NC(=O)C(CC)Sc1cccc(NC(=O)/C(=C\c2ccccc2OC)NC(=O)c2ccccc2)c1. The predicted octanol–water partition coefficient (Wildman–Crippen LogP) is 7.01. The summed E-state index contributed by atoms with van der Waals surface area (Å²) in [5.41, 5.74) is 2.21. The molecule has 0 aliphatic carbocycles. The Bertz CT molecular complexity index is 1620. The Morgan fingerprint density at radius 1 is 0.818 bits per heavy atom. The Morgan fingerprint density at radius 2 is 1.52 bits per heavy atom. The summed E-state index contributed by atoms with van der Waals surface area (Å²) in [6, 6.07) is 30.4. The summed E-state index contributed by atoms with van der Waals surface area (Å²) in [7, 11) is 1.54. The van der Waals surface area contributed by atoms with Gasteiger partial charge in [0.05, 0.1) is 24.7 Å². The van der Waals surface area contributed by atoms with E-state index >= 15 is 0 Å². The number of hydrogen-bond acceptors (Lipinski definition) is 6. The van der Waals surface area contributed by atoms with Gasteiger partial charge >= 0.3 is 0 Å². The van der Waals surface area contributed by atoms with Crippen molar-refractivity contribution >= 4 is 46.9 Å². The topological polar surface area (TPSA) is 106 Å². The molecule has 9 heteroatoms. The van der Waals surface area contributed by atoms with E-state index in [0.717, 1.165) is 4.90 Å². The van der Waals surface area contributed by atoms with E-state index < -0.39 is 11.8 Å². The van der Waals surface area contributed by atoms with Gasteiger partial charge in [0.25, 0.3) is 11.8 Å². The maximum atomic E-state index is 13.6. The number of thioether (sulfide) groups is 1. The summed E-state index contributed by atoms with van der Waals surface area (Å²) in [6.45, 7) is 4.33. The number of nitrogens with one attached hydrogen (secondary N) is 3. The smallest absolute Gasteiger partial charge is 0.272 e. The van der Waals surface area contributed by atoms with Gasteiger partial charge in [-0.15, -0.1) is 11.8 Å². The average Bonchev–Trinajstić information content (AvgIpc) is 3.05. The van der Waals surface area contributed by atoms with Crippen molar-refractivity contribution in [3.8, 4) is 11.5 Å². The minimum absolute atomic E-state index is 0.0418. The lowest BCUT2D eigenvalue weighted by Crippen LogP contribution is -2.30. The van der Waals surface area contributed by atoms with Crippen molar-refractivity contribution in [3.63, 3.8) is 0 Å². The number of methoxy groups -OCH3 is 1. The van der Waals surface area contributed by atoms with Gasteiger partial charge in [0.1, 0.15) is 17.2 Å². The molecule has 0 aromatic heterocycles. The molecule has 0 saturated carbocycles. The molecular formula is C35H35N3O5S. The molecule has 0 saturated heterocycles. The molecule has 3 N–H and O–H groups in total. The lowest BCUT2D eigenvalue weighted by molar-refractivity contribution is -0.116. The summed E-state index contributed by atoms with van der Waals surface area (Å²) in [5.74, 6) is 0.0838. The van der Waals surface area contributed by atoms with Crippen LogP contribution in [-0.4, -0.2) is 36.7 Å². The maximum Gasteiger partial charge on any atom is 0.272 e. The fraction of sp³-hybridized carbons (Fsp3) is 0.171. The number of rotatable bonds is 13. The van der Waals surface area contributed by atoms with Crippen LogP contribution in [0.4, 0.5) is 11.4 Å². The van der Waals surface area contributed by atoms with E-state index in [9.17, 15) is 14.4 Å². The Balaban J connectivity index is 1.52. The summed E-state index contributed by atoms with van der Waals surface area (Å²) >= 11 is 1.40. The molecule has 0 heterocycles. The summed E-state index contributed by atoms with van der Waals surface area (Å²) in [6.07, 6.45) is 2.16. The normalized spacial score (nSPS) is 11.7. The first kappa shape index (κ1) is 31.9. The van der Waals surface area contributed by atoms with E-state index in [1.165, 1.54) is 11.8 Å². The van der Waals surface area contributed by atoms with Gasteiger partial charge in [-0.05, 0) is 68.0 Å². The van der Waals surface area contributed by atoms with E-state index in [0.29, 0.717) is 47.0 Å². The van der Waals surface area contributed by atoms with E-state index in [4.69, 9.17) is 9.47 Å². The molecule has 8 nitrogen and oxygen atoms in total. The van der Waals surface area contributed by atoms with Crippen LogP contribution in [0, 0.1) is 0 Å². The number of ether oxygens (including phenoxy) is 2. The summed E-state index contributed by atoms with van der Waals surface area (Å²) in [5, 5.41) is 8.23. The van der Waals surface area contributed by atoms with Crippen LogP contribution >= 0.6 is 11.8 Å². The highest BCUT2D eigenvalue weighted by Crippen LogP contribution is 2.30. The molecule has 0 aliphatic heterocycles. The Hall–Kier alpha value is -5.02. The van der Waals surface area contributed by atoms with Gasteiger partial charge in [-0.1, -0.05) is 61.5 Å². The zero-order valence-electron chi connectivity index (χ0n) is 24.8. The molecule has 1 atom stereocenters. The van der Waals surface area contributed by atoms with Crippen LogP contribution in [0.1, 0.15) is 36.2 Å². The van der Waals surface area contributed by atoms with Crippen LogP contribution in [0.15, 0.2) is 114 Å². The Kier molecular flexibility index (Phi) is 11.6. The molecule has 0 bridgehead atoms. The van der Waals surface area contributed by atoms with Crippen LogP contribution in [0.2, 0.25) is 0 Å². The standard InChI is InChI=1S/C35H35N3O5S/c1-4-32(35(41)37-28-19-10-12-21-31(28)43-5-2)44-27-18-13-17-26(23-27)36-34(40)29(22-25-16-9-11-20-30(25)42-3)38-33(39)24-14-7-6-8-15-24/h6-23,32H,4-5H2,1-3H3,(H,36,40)(H,37,41)(H,38,39)/b29-22+. The number of carbonyl (C=O) groups is 3. The minimum atomic E-state index is -0.514. The van der Waals surface area contributed by atoms with Gasteiger partial charge in [-0.2, -0.15) is 0 Å². The van der Waals surface area contributed by atoms with E-state index in [1.54, 1.807) is 67.8 Å². The molecule has 3 amide bonds. The number of hydrogen-bond donors (Lipinski definition) is 3. The van der Waals surface area contributed by atoms with Gasteiger partial charge in [-0.3, -0.25) is 14.4 Å². The Labute approximate surface area is 261 Å². The van der Waals surface area contributed by atoms with Gasteiger partial charge < -0.3 is 25.4 Å². The fourth-order valence-corrected chi connectivity index (χ4v) is 5.29. The average molecular weight is 610 g/mol. The number of amides is 3. The maximum absolute atomic E-state index is 13.6. The van der Waals surface area contributed by atoms with E-state index in [-0.39, 0.29) is 16.9 Å². The van der Waals surface area contributed by atoms with Gasteiger partial charge in [0.15, 0.2) is 0 Å². The van der Waals surface area contributed by atoms with E-state index in [1.807, 2.05) is 62.4 Å². The van der Waals surface area contributed by atoms with Crippen molar-refractivity contribution in [2.75, 3.05) is 24.4 Å². The van der Waals surface area contributed by atoms with Crippen LogP contribution in [-0.2, 0) is 9.59 Å². The molecule has 0 spiro atoms. The van der Waals surface area contributed by atoms with Crippen LogP contribution < -0.4 is 25.4 Å². The number of para-hydroxylation sites is 3. The van der Waals surface area contributed by atoms with E-state index in [2.05, 4.69) is 16.0 Å². The van der Waals surface area contributed by atoms with Crippen molar-refractivity contribution in [1.82, 2.24) is 5.32 Å². The van der Waals surface area contributed by atoms with Gasteiger partial charge in [0, 0.05) is 21.7 Å². The third kappa shape index (κ3) is 8.75. The number of anilines is 2. The van der Waals surface area contributed by atoms with Crippen molar-refractivity contribution in [3.05, 3.63) is 120 Å². The second-order valence-electron chi connectivity index (χ2n) is 9.54. The third-order valence-electron chi connectivity index (χ3n) is 6.45. The highest BCUT2D eigenvalue weighted by molar-refractivity contribution is 8.00. The monoisotopic (exact) mass is 609 g/mol. The van der Waals surface area contributed by atoms with Crippen LogP contribution in [0.5, 0.6) is 11.5 Å². The van der Waals surface area contributed by atoms with Crippen molar-refractivity contribution in [1.29, 1.82) is 0 Å². The van der Waals surface area contributed by atoms with Gasteiger partial charge in [-0.25, -0.2) is 0 Å². The highest BCUT2D eigenvalue weighted by Gasteiger charge is 2.20. The largest absolute Gasteiger partial charge is 0.496 e. The molecule has 44 heavy (non-hydrogen) atoms. The Morgan fingerprint density at radius 3 is 2.25 bits per heavy atom. The zero-order chi connectivity index (χ0) is 31.3. The highest BCUT2D eigenvalue weighted by atomic mass is 32.2. The second kappa shape index (κ2) is 16.0. The molecule has 0 aliphatic rings. The molecule has 4 aromatic carbocycles. The van der Waals surface area contributed by atoms with Crippen LogP contribution in [0.25, 0.3) is 6.08 Å². The number of carbonyl (C=O) groups excluding carboxylic acids is 3. The van der Waals surface area contributed by atoms with Crippen LogP contribution in [0.3, 0.4) is 0 Å². The van der Waals surface area contributed by atoms with Crippen molar-refractivity contribution < 1.29 is 23.9 Å². The quantitative estimate of drug-likeness (QED) is 0.111. The third-order valence-corrected chi connectivity index (χ3v) is 7.80. The molecule has 226 valence electrons. The molecular weight excluding hydrogens is 574 g/mol. The van der Waals surface area contributed by atoms with Gasteiger partial charge in [0.2, 0.25) is 5.91 Å².